The molecule has 6 heteroatoms. The standard InChI is InChI=1S/C16H24ClN3O2/c1-10(2)9-19-16(22)13-6-5-12(8-14(13)17)20-15(21)7-4-11(3)18/h5-6,8,10-11H,4,7,9,18H2,1-3H3,(H,19,22)(H,20,21). The van der Waals surface area contributed by atoms with Gasteiger partial charge in [0, 0.05) is 24.7 Å². The van der Waals surface area contributed by atoms with Crippen molar-refractivity contribution in [2.45, 2.75) is 39.7 Å². The topological polar surface area (TPSA) is 84.2 Å². The number of benzene rings is 1. The molecule has 1 unspecified atom stereocenters. The predicted octanol–water partition coefficient (Wildman–Crippen LogP) is 2.79. The highest BCUT2D eigenvalue weighted by atomic mass is 35.5. The fourth-order valence-electron chi connectivity index (χ4n) is 1.75. The van der Waals surface area contributed by atoms with Gasteiger partial charge < -0.3 is 16.4 Å². The van der Waals surface area contributed by atoms with Crippen molar-refractivity contribution in [2.75, 3.05) is 11.9 Å². The van der Waals surface area contributed by atoms with Crippen molar-refractivity contribution in [2.24, 2.45) is 11.7 Å². The minimum atomic E-state index is -0.214. The highest BCUT2D eigenvalue weighted by molar-refractivity contribution is 6.34. The average Bonchev–Trinajstić information content (AvgIpc) is 2.42. The van der Waals surface area contributed by atoms with Crippen LogP contribution in [0.4, 0.5) is 5.69 Å². The summed E-state index contributed by atoms with van der Waals surface area (Å²) in [6.07, 6.45) is 0.973. The van der Waals surface area contributed by atoms with Crippen molar-refractivity contribution < 1.29 is 9.59 Å². The molecule has 5 nitrogen and oxygen atoms in total. The Kier molecular flexibility index (Phi) is 7.35. The first-order chi connectivity index (χ1) is 10.3. The summed E-state index contributed by atoms with van der Waals surface area (Å²) in [6.45, 7) is 6.48. The molecule has 0 heterocycles. The van der Waals surface area contributed by atoms with Crippen LogP contribution in [0.2, 0.25) is 5.02 Å². The second kappa shape index (κ2) is 8.76. The fraction of sp³-hybridized carbons (Fsp3) is 0.500. The third-order valence-corrected chi connectivity index (χ3v) is 3.31. The van der Waals surface area contributed by atoms with E-state index in [1.165, 1.54) is 0 Å². The van der Waals surface area contributed by atoms with Crippen LogP contribution in [0.1, 0.15) is 44.0 Å². The van der Waals surface area contributed by atoms with Crippen LogP contribution in [0.15, 0.2) is 18.2 Å². The van der Waals surface area contributed by atoms with E-state index in [1.807, 2.05) is 20.8 Å². The molecule has 0 bridgehead atoms. The summed E-state index contributed by atoms with van der Waals surface area (Å²) in [6, 6.07) is 4.84. The van der Waals surface area contributed by atoms with E-state index in [4.69, 9.17) is 17.3 Å². The summed E-state index contributed by atoms with van der Waals surface area (Å²) < 4.78 is 0. The van der Waals surface area contributed by atoms with E-state index in [0.29, 0.717) is 41.6 Å². The molecule has 0 fully saturated rings. The Labute approximate surface area is 136 Å². The second-order valence-corrected chi connectivity index (χ2v) is 6.27. The molecule has 122 valence electrons. The van der Waals surface area contributed by atoms with Crippen LogP contribution in [0, 0.1) is 5.92 Å². The first-order valence-electron chi connectivity index (χ1n) is 7.42. The van der Waals surface area contributed by atoms with Crippen molar-refractivity contribution in [3.05, 3.63) is 28.8 Å². The van der Waals surface area contributed by atoms with Crippen molar-refractivity contribution in [3.63, 3.8) is 0 Å². The van der Waals surface area contributed by atoms with E-state index >= 15 is 0 Å². The van der Waals surface area contributed by atoms with E-state index in [2.05, 4.69) is 10.6 Å². The van der Waals surface area contributed by atoms with Gasteiger partial charge in [-0.15, -0.1) is 0 Å². The lowest BCUT2D eigenvalue weighted by Crippen LogP contribution is -2.27. The molecule has 1 rings (SSSR count). The Morgan fingerprint density at radius 2 is 1.95 bits per heavy atom. The molecule has 0 radical (unpaired) electrons. The largest absolute Gasteiger partial charge is 0.352 e. The first kappa shape index (κ1) is 18.5. The molecule has 0 aromatic heterocycles. The van der Waals surface area contributed by atoms with Gasteiger partial charge in [0.1, 0.15) is 0 Å². The zero-order valence-electron chi connectivity index (χ0n) is 13.3. The number of nitrogens with two attached hydrogens (primary N) is 1. The van der Waals surface area contributed by atoms with Crippen LogP contribution in [-0.4, -0.2) is 24.4 Å². The fourth-order valence-corrected chi connectivity index (χ4v) is 2.02. The summed E-state index contributed by atoms with van der Waals surface area (Å²) in [7, 11) is 0. The molecule has 0 saturated carbocycles. The summed E-state index contributed by atoms with van der Waals surface area (Å²) in [4.78, 5) is 23.7. The number of hydrogen-bond donors (Lipinski definition) is 3. The van der Waals surface area contributed by atoms with E-state index in [-0.39, 0.29) is 17.9 Å². The maximum Gasteiger partial charge on any atom is 0.252 e. The van der Waals surface area contributed by atoms with Gasteiger partial charge in [-0.3, -0.25) is 9.59 Å². The van der Waals surface area contributed by atoms with Crippen molar-refractivity contribution in [3.8, 4) is 0 Å². The Balaban J connectivity index is 2.65. The summed E-state index contributed by atoms with van der Waals surface area (Å²) in [5.74, 6) is 0.0325. The van der Waals surface area contributed by atoms with E-state index < -0.39 is 0 Å². The first-order valence-corrected chi connectivity index (χ1v) is 7.80. The zero-order valence-corrected chi connectivity index (χ0v) is 14.0. The van der Waals surface area contributed by atoms with Gasteiger partial charge in [0.25, 0.3) is 5.91 Å². The second-order valence-electron chi connectivity index (χ2n) is 5.86. The molecule has 1 aromatic carbocycles. The van der Waals surface area contributed by atoms with Gasteiger partial charge in [-0.25, -0.2) is 0 Å². The lowest BCUT2D eigenvalue weighted by atomic mass is 10.1. The molecular weight excluding hydrogens is 302 g/mol. The summed E-state index contributed by atoms with van der Waals surface area (Å²) in [5.41, 5.74) is 6.58. The van der Waals surface area contributed by atoms with Gasteiger partial charge >= 0.3 is 0 Å². The Morgan fingerprint density at radius 1 is 1.27 bits per heavy atom. The molecule has 4 N–H and O–H groups in total. The Morgan fingerprint density at radius 3 is 2.50 bits per heavy atom. The SMILES string of the molecule is CC(C)CNC(=O)c1ccc(NC(=O)CCC(C)N)cc1Cl. The third kappa shape index (κ3) is 6.45. The van der Waals surface area contributed by atoms with Gasteiger partial charge in [0.15, 0.2) is 0 Å². The average molecular weight is 326 g/mol. The molecule has 0 spiro atoms. The monoisotopic (exact) mass is 325 g/mol. The minimum Gasteiger partial charge on any atom is -0.352 e. The number of rotatable bonds is 7. The van der Waals surface area contributed by atoms with Gasteiger partial charge in [0.2, 0.25) is 5.91 Å². The van der Waals surface area contributed by atoms with Gasteiger partial charge in [-0.2, -0.15) is 0 Å². The highest BCUT2D eigenvalue weighted by Gasteiger charge is 2.12. The van der Waals surface area contributed by atoms with E-state index in [1.54, 1.807) is 18.2 Å². The zero-order chi connectivity index (χ0) is 16.7. The molecule has 0 aliphatic heterocycles. The van der Waals surface area contributed by atoms with E-state index in [0.717, 1.165) is 0 Å². The number of hydrogen-bond acceptors (Lipinski definition) is 3. The smallest absolute Gasteiger partial charge is 0.252 e. The van der Waals surface area contributed by atoms with Crippen LogP contribution in [0.5, 0.6) is 0 Å². The predicted molar refractivity (Wildman–Crippen MR) is 90.1 cm³/mol. The number of nitrogens with one attached hydrogen (secondary N) is 2. The molecule has 0 saturated heterocycles. The van der Waals surface area contributed by atoms with Crippen LogP contribution < -0.4 is 16.4 Å². The normalized spacial score (nSPS) is 12.1. The lowest BCUT2D eigenvalue weighted by Gasteiger charge is -2.11. The van der Waals surface area contributed by atoms with Crippen molar-refractivity contribution in [1.82, 2.24) is 5.32 Å². The van der Waals surface area contributed by atoms with E-state index in [9.17, 15) is 9.59 Å². The lowest BCUT2D eigenvalue weighted by molar-refractivity contribution is -0.116. The van der Waals surface area contributed by atoms with Crippen LogP contribution in [0.25, 0.3) is 0 Å². The summed E-state index contributed by atoms with van der Waals surface area (Å²) in [5, 5.41) is 5.86. The molecular formula is C16H24ClN3O2. The van der Waals surface area contributed by atoms with Gasteiger partial charge in [-0.05, 0) is 37.5 Å². The Bertz CT molecular complexity index is 530. The van der Waals surface area contributed by atoms with Gasteiger partial charge in [-0.1, -0.05) is 25.4 Å². The third-order valence-electron chi connectivity index (χ3n) is 3.00. The van der Waals surface area contributed by atoms with Crippen molar-refractivity contribution in [1.29, 1.82) is 0 Å². The summed E-state index contributed by atoms with van der Waals surface area (Å²) >= 11 is 6.12. The Hall–Kier alpha value is -1.59. The number of amides is 2. The molecule has 1 atom stereocenters. The molecule has 0 aliphatic rings. The maximum atomic E-state index is 12.0. The minimum absolute atomic E-state index is 0.0126. The van der Waals surface area contributed by atoms with Gasteiger partial charge in [0.05, 0.1) is 10.6 Å². The molecule has 1 aromatic rings. The van der Waals surface area contributed by atoms with Crippen LogP contribution in [0.3, 0.4) is 0 Å². The molecule has 0 aliphatic carbocycles. The number of carbonyl (C=O) groups is 2. The molecule has 22 heavy (non-hydrogen) atoms. The molecule has 2 amide bonds. The number of anilines is 1. The highest BCUT2D eigenvalue weighted by Crippen LogP contribution is 2.21. The maximum absolute atomic E-state index is 12.0. The number of carbonyl (C=O) groups excluding carboxylic acids is 2. The number of halogens is 1. The van der Waals surface area contributed by atoms with Crippen LogP contribution >= 0.6 is 11.6 Å². The van der Waals surface area contributed by atoms with Crippen LogP contribution in [-0.2, 0) is 4.79 Å². The quantitative estimate of drug-likeness (QED) is 0.720. The van der Waals surface area contributed by atoms with Crippen molar-refractivity contribution >= 4 is 29.1 Å².